The fourth-order valence-electron chi connectivity index (χ4n) is 2.17. The molecule has 1 heterocycles. The lowest BCUT2D eigenvalue weighted by molar-refractivity contribution is 0.436. The molecule has 98 valence electrons. The van der Waals surface area contributed by atoms with Crippen LogP contribution in [0.25, 0.3) is 10.8 Å². The van der Waals surface area contributed by atoms with Gasteiger partial charge in [0, 0.05) is 5.39 Å². The number of hydrogen-bond acceptors (Lipinski definition) is 3. The van der Waals surface area contributed by atoms with Crippen LogP contribution in [0, 0.1) is 0 Å². The largest absolute Gasteiger partial charge is 0.530 e. The highest BCUT2D eigenvalue weighted by atomic mass is 31.2. The average Bonchev–Trinajstić information content (AvgIpc) is 2.91. The molecule has 0 bridgehead atoms. The van der Waals surface area contributed by atoms with Crippen LogP contribution < -0.4 is 13.6 Å². The Morgan fingerprint density at radius 3 is 2.45 bits per heavy atom. The van der Waals surface area contributed by atoms with Crippen LogP contribution in [0.2, 0.25) is 0 Å². The minimum Gasteiger partial charge on any atom is -0.409 e. The lowest BCUT2D eigenvalue weighted by atomic mass is 10.1. The van der Waals surface area contributed by atoms with Gasteiger partial charge in [-0.05, 0) is 23.6 Å². The molecule has 3 aromatic carbocycles. The molecular weight excluding hydrogens is 271 g/mol. The van der Waals surface area contributed by atoms with E-state index in [1.54, 1.807) is 0 Å². The predicted molar refractivity (Wildman–Crippen MR) is 79.2 cm³/mol. The fraction of sp³-hybridized carbons (Fsp3) is 0. The maximum absolute atomic E-state index is 5.84. The fourth-order valence-corrected chi connectivity index (χ4v) is 3.21. The Bertz CT molecular complexity index is 758. The van der Waals surface area contributed by atoms with E-state index in [4.69, 9.17) is 13.6 Å². The maximum atomic E-state index is 5.84. The first-order chi connectivity index (χ1) is 9.90. The topological polar surface area (TPSA) is 27.7 Å². The minimum atomic E-state index is -1.42. The highest BCUT2D eigenvalue weighted by Gasteiger charge is 2.31. The van der Waals surface area contributed by atoms with Gasteiger partial charge in [-0.1, -0.05) is 48.5 Å². The Balaban J connectivity index is 1.65. The molecule has 1 atom stereocenters. The van der Waals surface area contributed by atoms with Crippen LogP contribution in [0.4, 0.5) is 0 Å². The van der Waals surface area contributed by atoms with Crippen molar-refractivity contribution < 1.29 is 13.6 Å². The van der Waals surface area contributed by atoms with Gasteiger partial charge in [0.25, 0.3) is 0 Å². The molecule has 3 nitrogen and oxygen atoms in total. The summed E-state index contributed by atoms with van der Waals surface area (Å²) in [7, 11) is -1.42. The van der Waals surface area contributed by atoms with Crippen LogP contribution in [-0.4, -0.2) is 0 Å². The Morgan fingerprint density at radius 2 is 1.55 bits per heavy atom. The van der Waals surface area contributed by atoms with Crippen molar-refractivity contribution in [3.8, 4) is 17.2 Å². The van der Waals surface area contributed by atoms with E-state index < -0.39 is 8.60 Å². The van der Waals surface area contributed by atoms with Crippen LogP contribution in [0.3, 0.4) is 0 Å². The van der Waals surface area contributed by atoms with Gasteiger partial charge in [0.2, 0.25) is 0 Å². The van der Waals surface area contributed by atoms with Crippen molar-refractivity contribution >= 4 is 19.4 Å². The Labute approximate surface area is 117 Å². The molecule has 0 saturated heterocycles. The predicted octanol–water partition coefficient (Wildman–Crippen LogP) is 4.92. The molecule has 4 rings (SSSR count). The van der Waals surface area contributed by atoms with Gasteiger partial charge in [-0.3, -0.25) is 0 Å². The molecule has 0 saturated carbocycles. The van der Waals surface area contributed by atoms with Crippen LogP contribution in [0.5, 0.6) is 17.2 Å². The Hall–Kier alpha value is -2.25. The molecule has 0 fully saturated rings. The molecule has 1 aliphatic rings. The van der Waals surface area contributed by atoms with Gasteiger partial charge in [0.15, 0.2) is 11.5 Å². The molecule has 3 aromatic rings. The second-order valence-corrected chi connectivity index (χ2v) is 5.42. The van der Waals surface area contributed by atoms with Gasteiger partial charge in [-0.25, -0.2) is 0 Å². The van der Waals surface area contributed by atoms with Crippen LogP contribution in [0.15, 0.2) is 66.7 Å². The summed E-state index contributed by atoms with van der Waals surface area (Å²) < 4.78 is 17.3. The normalized spacial score (nSPS) is 16.3. The van der Waals surface area contributed by atoms with Crippen molar-refractivity contribution in [2.24, 2.45) is 0 Å². The van der Waals surface area contributed by atoms with Crippen molar-refractivity contribution in [1.82, 2.24) is 0 Å². The number of hydrogen-bond donors (Lipinski definition) is 0. The summed E-state index contributed by atoms with van der Waals surface area (Å²) in [6, 6.07) is 21.6. The maximum Gasteiger partial charge on any atom is 0.530 e. The van der Waals surface area contributed by atoms with Gasteiger partial charge >= 0.3 is 8.60 Å². The van der Waals surface area contributed by atoms with E-state index in [1.165, 1.54) is 0 Å². The van der Waals surface area contributed by atoms with Crippen LogP contribution in [-0.2, 0) is 0 Å². The van der Waals surface area contributed by atoms with E-state index in [9.17, 15) is 0 Å². The first-order valence-electron chi connectivity index (χ1n) is 6.31. The van der Waals surface area contributed by atoms with E-state index in [-0.39, 0.29) is 0 Å². The van der Waals surface area contributed by atoms with E-state index >= 15 is 0 Å². The number of rotatable bonds is 2. The van der Waals surface area contributed by atoms with Crippen molar-refractivity contribution in [2.45, 2.75) is 0 Å². The molecular formula is C16H11O3P. The minimum absolute atomic E-state index is 0.741. The summed E-state index contributed by atoms with van der Waals surface area (Å²) in [5.41, 5.74) is 0. The summed E-state index contributed by atoms with van der Waals surface area (Å²) >= 11 is 0. The molecule has 0 spiro atoms. The third-order valence-corrected chi connectivity index (χ3v) is 4.14. The van der Waals surface area contributed by atoms with E-state index in [2.05, 4.69) is 6.07 Å². The van der Waals surface area contributed by atoms with Gasteiger partial charge in [-0.15, -0.1) is 0 Å². The van der Waals surface area contributed by atoms with E-state index in [1.807, 2.05) is 60.7 Å². The number of fused-ring (bicyclic) bond motifs is 3. The van der Waals surface area contributed by atoms with Gasteiger partial charge in [0.1, 0.15) is 5.75 Å². The standard InChI is InChI=1S/C16H11O3P/c1-2-7-13(8-3-1)17-20-18-15-11-10-12-6-4-5-9-14(12)16(15)19-20/h1-11H. The summed E-state index contributed by atoms with van der Waals surface area (Å²) in [5, 5.41) is 2.18. The molecule has 4 heteroatoms. The van der Waals surface area contributed by atoms with Crippen LogP contribution in [0.1, 0.15) is 0 Å². The lowest BCUT2D eigenvalue weighted by Crippen LogP contribution is -1.94. The molecule has 0 amide bonds. The molecule has 20 heavy (non-hydrogen) atoms. The molecule has 0 aliphatic carbocycles. The monoisotopic (exact) mass is 282 g/mol. The summed E-state index contributed by atoms with van der Waals surface area (Å²) in [6.07, 6.45) is 0. The quantitative estimate of drug-likeness (QED) is 0.624. The number of para-hydroxylation sites is 1. The molecule has 0 radical (unpaired) electrons. The first kappa shape index (κ1) is 11.6. The van der Waals surface area contributed by atoms with Crippen molar-refractivity contribution in [3.05, 3.63) is 66.7 Å². The summed E-state index contributed by atoms with van der Waals surface area (Å²) in [4.78, 5) is 0. The average molecular weight is 282 g/mol. The molecule has 0 N–H and O–H groups in total. The van der Waals surface area contributed by atoms with Gasteiger partial charge in [-0.2, -0.15) is 0 Å². The SMILES string of the molecule is c1ccc(OP2Oc3ccc4ccccc4c3O2)cc1. The van der Waals surface area contributed by atoms with Crippen molar-refractivity contribution in [1.29, 1.82) is 0 Å². The zero-order valence-electron chi connectivity index (χ0n) is 10.5. The third kappa shape index (κ3) is 1.97. The lowest BCUT2D eigenvalue weighted by Gasteiger charge is -2.08. The zero-order chi connectivity index (χ0) is 13.4. The van der Waals surface area contributed by atoms with E-state index in [0.29, 0.717) is 0 Å². The second kappa shape index (κ2) is 4.69. The zero-order valence-corrected chi connectivity index (χ0v) is 11.4. The summed E-state index contributed by atoms with van der Waals surface area (Å²) in [6.45, 7) is 0. The van der Waals surface area contributed by atoms with Crippen molar-refractivity contribution in [3.63, 3.8) is 0 Å². The van der Waals surface area contributed by atoms with E-state index in [0.717, 1.165) is 28.0 Å². The molecule has 1 aliphatic heterocycles. The van der Waals surface area contributed by atoms with Crippen LogP contribution >= 0.6 is 8.60 Å². The Kier molecular flexibility index (Phi) is 2.71. The smallest absolute Gasteiger partial charge is 0.409 e. The van der Waals surface area contributed by atoms with Gasteiger partial charge in [0.05, 0.1) is 0 Å². The molecule has 1 unspecified atom stereocenters. The Morgan fingerprint density at radius 1 is 0.750 bits per heavy atom. The van der Waals surface area contributed by atoms with Gasteiger partial charge < -0.3 is 13.6 Å². The first-order valence-corrected chi connectivity index (χ1v) is 7.40. The summed E-state index contributed by atoms with van der Waals surface area (Å²) in [5.74, 6) is 2.26. The highest BCUT2D eigenvalue weighted by molar-refractivity contribution is 7.43. The third-order valence-electron chi connectivity index (χ3n) is 3.11. The molecule has 0 aromatic heterocycles. The van der Waals surface area contributed by atoms with Crippen molar-refractivity contribution in [2.75, 3.05) is 0 Å². The highest BCUT2D eigenvalue weighted by Crippen LogP contribution is 2.55. The number of benzene rings is 3. The second-order valence-electron chi connectivity index (χ2n) is 4.42.